The van der Waals surface area contributed by atoms with Gasteiger partial charge in [-0.2, -0.15) is 13.2 Å². The van der Waals surface area contributed by atoms with E-state index in [0.29, 0.717) is 12.3 Å². The summed E-state index contributed by atoms with van der Waals surface area (Å²) < 4.78 is 43.1. The van der Waals surface area contributed by atoms with Crippen LogP contribution in [0.5, 0.6) is 5.88 Å². The Hall–Kier alpha value is -3.32. The van der Waals surface area contributed by atoms with E-state index >= 15 is 0 Å². The molecule has 1 atom stereocenters. The van der Waals surface area contributed by atoms with Crippen LogP contribution in [0.15, 0.2) is 30.6 Å². The van der Waals surface area contributed by atoms with Gasteiger partial charge in [0.15, 0.2) is 0 Å². The van der Waals surface area contributed by atoms with Gasteiger partial charge >= 0.3 is 6.18 Å². The Morgan fingerprint density at radius 2 is 2.07 bits per heavy atom. The number of rotatable bonds is 6. The van der Waals surface area contributed by atoms with Crippen LogP contribution in [0.1, 0.15) is 22.8 Å². The van der Waals surface area contributed by atoms with E-state index in [2.05, 4.69) is 26.5 Å². The molecule has 2 rings (SSSR count). The number of aromatic nitrogens is 2. The molecule has 0 aromatic carbocycles. The second-order valence-electron chi connectivity index (χ2n) is 5.62. The molecule has 7 nitrogen and oxygen atoms in total. The number of carbonyl (C=O) groups is 2. The molecule has 0 aliphatic carbocycles. The van der Waals surface area contributed by atoms with Gasteiger partial charge in [-0.15, -0.1) is 6.42 Å². The summed E-state index contributed by atoms with van der Waals surface area (Å²) >= 11 is 5.75. The number of alkyl halides is 3. The highest BCUT2D eigenvalue weighted by Gasteiger charge is 2.31. The molecule has 0 saturated carbocycles. The fourth-order valence-electron chi connectivity index (χ4n) is 2.04. The lowest BCUT2D eigenvalue weighted by Gasteiger charge is -2.15. The molecule has 0 spiro atoms. The third-order valence-corrected chi connectivity index (χ3v) is 3.62. The van der Waals surface area contributed by atoms with Gasteiger partial charge in [0.05, 0.1) is 5.56 Å². The zero-order chi connectivity index (χ0) is 21.6. The van der Waals surface area contributed by atoms with Crippen molar-refractivity contribution in [3.63, 3.8) is 0 Å². The van der Waals surface area contributed by atoms with E-state index in [0.717, 1.165) is 0 Å². The van der Waals surface area contributed by atoms with Gasteiger partial charge in [0.1, 0.15) is 23.5 Å². The van der Waals surface area contributed by atoms with Crippen LogP contribution in [0.2, 0.25) is 5.02 Å². The van der Waals surface area contributed by atoms with Crippen molar-refractivity contribution in [3.05, 3.63) is 46.7 Å². The van der Waals surface area contributed by atoms with Gasteiger partial charge in [-0.25, -0.2) is 9.97 Å². The summed E-state index contributed by atoms with van der Waals surface area (Å²) in [5.74, 6) is 1.28. The van der Waals surface area contributed by atoms with Crippen molar-refractivity contribution in [2.45, 2.75) is 19.1 Å². The normalized spacial score (nSPS) is 11.9. The van der Waals surface area contributed by atoms with Gasteiger partial charge in [-0.05, 0) is 18.2 Å². The summed E-state index contributed by atoms with van der Waals surface area (Å²) in [6, 6.07) is 2.50. The molecule has 0 aliphatic rings. The predicted octanol–water partition coefficient (Wildman–Crippen LogP) is 2.92. The number of pyridine rings is 2. The molecule has 0 saturated heterocycles. The molecule has 2 heterocycles. The van der Waals surface area contributed by atoms with Crippen LogP contribution in [0.25, 0.3) is 0 Å². The van der Waals surface area contributed by atoms with Crippen molar-refractivity contribution in [2.75, 3.05) is 11.9 Å². The second kappa shape index (κ2) is 9.25. The van der Waals surface area contributed by atoms with E-state index in [9.17, 15) is 22.8 Å². The molecule has 0 unspecified atom stereocenters. The SMILES string of the molecule is C#C[C@H](COc1ncc(C(F)(F)F)cc1Cl)NC(=O)c1ccnc(NC(C)=O)c1. The molecular formula is C18H14ClF3N4O3. The van der Waals surface area contributed by atoms with Gasteiger partial charge in [0, 0.05) is 24.9 Å². The first-order chi connectivity index (χ1) is 13.6. The minimum Gasteiger partial charge on any atom is -0.473 e. The maximum Gasteiger partial charge on any atom is 0.417 e. The van der Waals surface area contributed by atoms with Crippen molar-refractivity contribution < 1.29 is 27.5 Å². The Labute approximate surface area is 168 Å². The second-order valence-corrected chi connectivity index (χ2v) is 6.03. The summed E-state index contributed by atoms with van der Waals surface area (Å²) in [6.07, 6.45) is 2.67. The van der Waals surface area contributed by atoms with Crippen LogP contribution in [-0.2, 0) is 11.0 Å². The number of carbonyl (C=O) groups excluding carboxylic acids is 2. The van der Waals surface area contributed by atoms with E-state index in [1.54, 1.807) is 0 Å². The zero-order valence-corrected chi connectivity index (χ0v) is 15.6. The van der Waals surface area contributed by atoms with E-state index in [-0.39, 0.29) is 34.8 Å². The number of ether oxygens (including phenoxy) is 1. The molecule has 2 aromatic heterocycles. The van der Waals surface area contributed by atoms with E-state index < -0.39 is 23.7 Å². The summed E-state index contributed by atoms with van der Waals surface area (Å²) in [5, 5.41) is 4.58. The number of amides is 2. The summed E-state index contributed by atoms with van der Waals surface area (Å²) in [6.45, 7) is 1.00. The van der Waals surface area contributed by atoms with Gasteiger partial charge in [0.2, 0.25) is 11.8 Å². The number of halogens is 4. The van der Waals surface area contributed by atoms with Crippen LogP contribution >= 0.6 is 11.6 Å². The maximum absolute atomic E-state index is 12.6. The monoisotopic (exact) mass is 426 g/mol. The van der Waals surface area contributed by atoms with Crippen LogP contribution in [0, 0.1) is 12.3 Å². The Bertz CT molecular complexity index is 960. The van der Waals surface area contributed by atoms with Crippen molar-refractivity contribution in [2.24, 2.45) is 0 Å². The summed E-state index contributed by atoms with van der Waals surface area (Å²) in [7, 11) is 0. The van der Waals surface area contributed by atoms with Gasteiger partial charge in [-0.3, -0.25) is 9.59 Å². The Morgan fingerprint density at radius 3 is 2.66 bits per heavy atom. The van der Waals surface area contributed by atoms with Crippen molar-refractivity contribution in [1.29, 1.82) is 0 Å². The molecule has 2 N–H and O–H groups in total. The van der Waals surface area contributed by atoms with Crippen LogP contribution in [0.3, 0.4) is 0 Å². The number of hydrogen-bond donors (Lipinski definition) is 2. The molecule has 2 amide bonds. The molecule has 152 valence electrons. The first kappa shape index (κ1) is 22.0. The van der Waals surface area contributed by atoms with Crippen LogP contribution < -0.4 is 15.4 Å². The number of nitrogens with zero attached hydrogens (tertiary/aromatic N) is 2. The lowest BCUT2D eigenvalue weighted by Crippen LogP contribution is -2.38. The quantitative estimate of drug-likeness (QED) is 0.693. The highest BCUT2D eigenvalue weighted by molar-refractivity contribution is 6.31. The highest BCUT2D eigenvalue weighted by Crippen LogP contribution is 2.33. The van der Waals surface area contributed by atoms with Gasteiger partial charge < -0.3 is 15.4 Å². The smallest absolute Gasteiger partial charge is 0.417 e. The number of nitrogens with one attached hydrogen (secondary N) is 2. The predicted molar refractivity (Wildman–Crippen MR) is 98.4 cm³/mol. The largest absolute Gasteiger partial charge is 0.473 e. The van der Waals surface area contributed by atoms with E-state index in [1.165, 1.54) is 25.3 Å². The number of anilines is 1. The molecular weight excluding hydrogens is 413 g/mol. The first-order valence-corrected chi connectivity index (χ1v) is 8.34. The van der Waals surface area contributed by atoms with Crippen molar-refractivity contribution in [1.82, 2.24) is 15.3 Å². The van der Waals surface area contributed by atoms with E-state index in [4.69, 9.17) is 22.8 Å². The third-order valence-electron chi connectivity index (χ3n) is 3.35. The number of terminal acetylenes is 1. The minimum absolute atomic E-state index is 0.176. The molecule has 0 aliphatic heterocycles. The molecule has 0 bridgehead atoms. The topological polar surface area (TPSA) is 93.2 Å². The molecule has 29 heavy (non-hydrogen) atoms. The fourth-order valence-corrected chi connectivity index (χ4v) is 2.26. The lowest BCUT2D eigenvalue weighted by atomic mass is 10.2. The first-order valence-electron chi connectivity index (χ1n) is 7.96. The van der Waals surface area contributed by atoms with Crippen molar-refractivity contribution in [3.8, 4) is 18.2 Å². The maximum atomic E-state index is 12.6. The minimum atomic E-state index is -4.59. The lowest BCUT2D eigenvalue weighted by molar-refractivity contribution is -0.137. The number of hydrogen-bond acceptors (Lipinski definition) is 5. The average molecular weight is 427 g/mol. The average Bonchev–Trinajstić information content (AvgIpc) is 2.64. The summed E-state index contributed by atoms with van der Waals surface area (Å²) in [4.78, 5) is 30.8. The standard InChI is InChI=1S/C18H14ClF3N4O3/c1-3-13(9-29-17-14(19)7-12(8-24-17)18(20,21)22)26-16(28)11-4-5-23-15(6-11)25-10(2)27/h1,4-8,13H,9H2,2H3,(H,26,28)(H,23,25,27)/t13-/m1/s1. The fraction of sp³-hybridized carbons (Fsp3) is 0.222. The van der Waals surface area contributed by atoms with Crippen LogP contribution in [-0.4, -0.2) is 34.4 Å². The Balaban J connectivity index is 2.02. The molecule has 0 fully saturated rings. The molecule has 0 radical (unpaired) electrons. The van der Waals surface area contributed by atoms with E-state index in [1.807, 2.05) is 0 Å². The molecule has 11 heteroatoms. The van der Waals surface area contributed by atoms with Crippen molar-refractivity contribution >= 4 is 29.2 Å². The van der Waals surface area contributed by atoms with Crippen LogP contribution in [0.4, 0.5) is 19.0 Å². The summed E-state index contributed by atoms with van der Waals surface area (Å²) in [5.41, 5.74) is -0.848. The highest BCUT2D eigenvalue weighted by atomic mass is 35.5. The zero-order valence-electron chi connectivity index (χ0n) is 14.9. The Morgan fingerprint density at radius 1 is 1.34 bits per heavy atom. The molecule has 2 aromatic rings. The Kier molecular flexibility index (Phi) is 7.01. The van der Waals surface area contributed by atoms with Gasteiger partial charge in [-0.1, -0.05) is 17.5 Å². The third kappa shape index (κ3) is 6.36. The van der Waals surface area contributed by atoms with Gasteiger partial charge in [0.25, 0.3) is 5.91 Å².